The van der Waals surface area contributed by atoms with Gasteiger partial charge in [0.25, 0.3) is 0 Å². The van der Waals surface area contributed by atoms with Gasteiger partial charge in [0.1, 0.15) is 12.0 Å². The van der Waals surface area contributed by atoms with E-state index in [9.17, 15) is 8.42 Å². The molecule has 0 aliphatic carbocycles. The molecule has 8 nitrogen and oxygen atoms in total. The van der Waals surface area contributed by atoms with Crippen LogP contribution in [0.4, 0.5) is 23.0 Å². The van der Waals surface area contributed by atoms with Gasteiger partial charge in [0.05, 0.1) is 4.90 Å². The number of sulfonamides is 1. The predicted octanol–water partition coefficient (Wildman–Crippen LogP) is 3.60. The van der Waals surface area contributed by atoms with Gasteiger partial charge in [-0.05, 0) is 49.9 Å². The topological polar surface area (TPSA) is 104 Å². The van der Waals surface area contributed by atoms with Crippen LogP contribution in [0, 0.1) is 0 Å². The number of nitrogens with two attached hydrogens (primary N) is 1. The van der Waals surface area contributed by atoms with Gasteiger partial charge in [-0.2, -0.15) is 4.31 Å². The molecule has 164 valence electrons. The Hall–Kier alpha value is -2.39. The van der Waals surface area contributed by atoms with Gasteiger partial charge >= 0.3 is 0 Å². The summed E-state index contributed by atoms with van der Waals surface area (Å²) in [7, 11) is -3.48. The summed E-state index contributed by atoms with van der Waals surface area (Å²) in [4.78, 5) is 11.3. The zero-order valence-electron chi connectivity index (χ0n) is 18.0. The van der Waals surface area contributed by atoms with Gasteiger partial charge in [0.15, 0.2) is 11.6 Å². The molecular formula is C21H32N6O2S. The fourth-order valence-corrected chi connectivity index (χ4v) is 5.44. The van der Waals surface area contributed by atoms with E-state index in [1.165, 1.54) is 17.1 Å². The first-order valence-corrected chi connectivity index (χ1v) is 12.1. The van der Waals surface area contributed by atoms with Crippen molar-refractivity contribution in [2.24, 2.45) is 0 Å². The number of piperidine rings is 1. The number of benzene rings is 1. The van der Waals surface area contributed by atoms with Crippen molar-refractivity contribution in [2.75, 3.05) is 35.6 Å². The quantitative estimate of drug-likeness (QED) is 0.656. The van der Waals surface area contributed by atoms with Crippen LogP contribution in [0.5, 0.6) is 0 Å². The number of hydrogen-bond donors (Lipinski definition) is 2. The smallest absolute Gasteiger partial charge is 0.243 e. The molecule has 2 heterocycles. The second-order valence-corrected chi connectivity index (χ2v) is 9.39. The second kappa shape index (κ2) is 9.61. The molecule has 3 rings (SSSR count). The summed E-state index contributed by atoms with van der Waals surface area (Å²) in [6, 6.07) is 7.10. The molecule has 30 heavy (non-hydrogen) atoms. The molecule has 1 atom stereocenters. The van der Waals surface area contributed by atoms with E-state index in [2.05, 4.69) is 27.1 Å². The summed E-state index contributed by atoms with van der Waals surface area (Å²) in [5, 5.41) is 3.21. The first-order valence-electron chi connectivity index (χ1n) is 10.7. The summed E-state index contributed by atoms with van der Waals surface area (Å²) in [6.07, 6.45) is 6.08. The van der Waals surface area contributed by atoms with Crippen LogP contribution in [0.25, 0.3) is 0 Å². The van der Waals surface area contributed by atoms with Crippen LogP contribution in [0.3, 0.4) is 0 Å². The molecule has 0 bridgehead atoms. The lowest BCUT2D eigenvalue weighted by Gasteiger charge is -2.36. The molecule has 1 unspecified atom stereocenters. The molecule has 0 amide bonds. The van der Waals surface area contributed by atoms with Crippen LogP contribution in [0.2, 0.25) is 0 Å². The molecule has 9 heteroatoms. The van der Waals surface area contributed by atoms with Crippen LogP contribution >= 0.6 is 0 Å². The SMILES string of the molecule is CCC1CCCCN1c1ncnc(Nc2ccc(S(=O)(=O)N(CC)CC)cc2)c1N. The van der Waals surface area contributed by atoms with E-state index >= 15 is 0 Å². The van der Waals surface area contributed by atoms with Gasteiger partial charge in [-0.3, -0.25) is 0 Å². The third kappa shape index (κ3) is 4.52. The summed E-state index contributed by atoms with van der Waals surface area (Å²) in [6.45, 7) is 7.67. The number of nitrogens with one attached hydrogen (secondary N) is 1. The minimum Gasteiger partial charge on any atom is -0.393 e. The van der Waals surface area contributed by atoms with E-state index in [-0.39, 0.29) is 4.90 Å². The summed E-state index contributed by atoms with van der Waals surface area (Å²) in [5.74, 6) is 1.29. The highest BCUT2D eigenvalue weighted by Gasteiger charge is 2.25. The van der Waals surface area contributed by atoms with Crippen molar-refractivity contribution in [1.82, 2.24) is 14.3 Å². The molecule has 1 aliphatic heterocycles. The van der Waals surface area contributed by atoms with Crippen LogP contribution in [-0.2, 0) is 10.0 Å². The van der Waals surface area contributed by atoms with E-state index in [1.54, 1.807) is 24.3 Å². The minimum absolute atomic E-state index is 0.271. The fraction of sp³-hybridized carbons (Fsp3) is 0.524. The van der Waals surface area contributed by atoms with Crippen LogP contribution in [-0.4, -0.2) is 48.4 Å². The monoisotopic (exact) mass is 432 g/mol. The van der Waals surface area contributed by atoms with Crippen molar-refractivity contribution in [2.45, 2.75) is 57.4 Å². The summed E-state index contributed by atoms with van der Waals surface area (Å²) >= 11 is 0. The Labute approximate surface area is 179 Å². The lowest BCUT2D eigenvalue weighted by Crippen LogP contribution is -2.40. The fourth-order valence-electron chi connectivity index (χ4n) is 3.98. The molecule has 1 aromatic heterocycles. The molecule has 0 radical (unpaired) electrons. The molecule has 2 aromatic rings. The van der Waals surface area contributed by atoms with Crippen molar-refractivity contribution < 1.29 is 8.42 Å². The number of hydrogen-bond acceptors (Lipinski definition) is 7. The van der Waals surface area contributed by atoms with E-state index in [0.29, 0.717) is 30.6 Å². The zero-order valence-corrected chi connectivity index (χ0v) is 18.8. The minimum atomic E-state index is -3.48. The van der Waals surface area contributed by atoms with E-state index < -0.39 is 10.0 Å². The van der Waals surface area contributed by atoms with Gasteiger partial charge in [0, 0.05) is 31.4 Å². The van der Waals surface area contributed by atoms with Crippen molar-refractivity contribution in [1.29, 1.82) is 0 Å². The maximum absolute atomic E-state index is 12.7. The van der Waals surface area contributed by atoms with Gasteiger partial charge in [-0.1, -0.05) is 20.8 Å². The summed E-state index contributed by atoms with van der Waals surface area (Å²) in [5.41, 5.74) is 7.65. The first kappa shape index (κ1) is 22.3. The van der Waals surface area contributed by atoms with Crippen molar-refractivity contribution in [3.05, 3.63) is 30.6 Å². The largest absolute Gasteiger partial charge is 0.393 e. The lowest BCUT2D eigenvalue weighted by atomic mass is 10.00. The van der Waals surface area contributed by atoms with Crippen LogP contribution in [0.15, 0.2) is 35.5 Å². The standard InChI is InChI=1S/C21H32N6O2S/c1-4-17-9-7-8-14-27(17)21-19(22)20(23-15-24-21)25-16-10-12-18(13-11-16)30(28,29)26(5-2)6-3/h10-13,15,17H,4-9,14,22H2,1-3H3,(H,23,24,25). The highest BCUT2D eigenvalue weighted by molar-refractivity contribution is 7.89. The Morgan fingerprint density at radius 3 is 2.47 bits per heavy atom. The van der Waals surface area contributed by atoms with Crippen LogP contribution in [0.1, 0.15) is 46.5 Å². The Morgan fingerprint density at radius 1 is 1.13 bits per heavy atom. The average Bonchev–Trinajstić information content (AvgIpc) is 2.76. The molecule has 1 fully saturated rings. The molecule has 1 aromatic carbocycles. The van der Waals surface area contributed by atoms with E-state index in [1.807, 2.05) is 13.8 Å². The normalized spacial score (nSPS) is 17.3. The molecule has 1 aliphatic rings. The number of nitrogen functional groups attached to an aromatic ring is 1. The molecule has 3 N–H and O–H groups in total. The highest BCUT2D eigenvalue weighted by atomic mass is 32.2. The predicted molar refractivity (Wildman–Crippen MR) is 122 cm³/mol. The van der Waals surface area contributed by atoms with Gasteiger partial charge in [0.2, 0.25) is 10.0 Å². The van der Waals surface area contributed by atoms with Crippen molar-refractivity contribution in [3.63, 3.8) is 0 Å². The first-order chi connectivity index (χ1) is 14.4. The number of anilines is 4. The van der Waals surface area contributed by atoms with Gasteiger partial charge in [-0.15, -0.1) is 0 Å². The van der Waals surface area contributed by atoms with E-state index in [4.69, 9.17) is 5.73 Å². The average molecular weight is 433 g/mol. The highest BCUT2D eigenvalue weighted by Crippen LogP contribution is 2.33. The Kier molecular flexibility index (Phi) is 7.14. The van der Waals surface area contributed by atoms with Crippen molar-refractivity contribution >= 4 is 33.0 Å². The Bertz CT molecular complexity index is 944. The second-order valence-electron chi connectivity index (χ2n) is 7.45. The zero-order chi connectivity index (χ0) is 21.7. The lowest BCUT2D eigenvalue weighted by molar-refractivity contribution is 0.445. The Balaban J connectivity index is 1.82. The van der Waals surface area contributed by atoms with E-state index in [0.717, 1.165) is 37.3 Å². The third-order valence-corrected chi connectivity index (χ3v) is 7.76. The van der Waals surface area contributed by atoms with Crippen LogP contribution < -0.4 is 16.0 Å². The maximum Gasteiger partial charge on any atom is 0.243 e. The van der Waals surface area contributed by atoms with Gasteiger partial charge in [-0.25, -0.2) is 18.4 Å². The third-order valence-electron chi connectivity index (χ3n) is 5.69. The molecule has 0 spiro atoms. The number of aromatic nitrogens is 2. The molecule has 0 saturated carbocycles. The maximum atomic E-state index is 12.7. The summed E-state index contributed by atoms with van der Waals surface area (Å²) < 4.78 is 26.8. The molecule has 1 saturated heterocycles. The molecular weight excluding hydrogens is 400 g/mol. The van der Waals surface area contributed by atoms with Gasteiger partial charge < -0.3 is 16.0 Å². The Morgan fingerprint density at radius 2 is 1.83 bits per heavy atom. The number of rotatable bonds is 8. The van der Waals surface area contributed by atoms with Crippen molar-refractivity contribution in [3.8, 4) is 0 Å². The number of nitrogens with zero attached hydrogens (tertiary/aromatic N) is 4.